The number of benzene rings is 1. The van der Waals surface area contributed by atoms with E-state index in [1.807, 2.05) is 5.32 Å². The van der Waals surface area contributed by atoms with E-state index in [9.17, 15) is 31.5 Å². The molecule has 0 radical (unpaired) electrons. The van der Waals surface area contributed by atoms with Gasteiger partial charge in [-0.3, -0.25) is 9.48 Å². The van der Waals surface area contributed by atoms with Crippen molar-refractivity contribution in [1.82, 2.24) is 9.78 Å². The van der Waals surface area contributed by atoms with Crippen LogP contribution >= 0.6 is 0 Å². The number of anilines is 1. The van der Waals surface area contributed by atoms with Gasteiger partial charge in [-0.2, -0.15) is 5.10 Å². The van der Waals surface area contributed by atoms with Crippen LogP contribution in [-0.4, -0.2) is 28.8 Å². The number of carbonyl (C=O) groups excluding carboxylic acids is 2. The summed E-state index contributed by atoms with van der Waals surface area (Å²) in [6.45, 7) is 1.40. The summed E-state index contributed by atoms with van der Waals surface area (Å²) in [6.07, 6.45) is 0. The molecule has 0 aliphatic rings. The van der Waals surface area contributed by atoms with Crippen LogP contribution in [0.25, 0.3) is 0 Å². The molecule has 25 heavy (non-hydrogen) atoms. The van der Waals surface area contributed by atoms with Crippen molar-refractivity contribution >= 4 is 17.6 Å². The minimum atomic E-state index is -2.39. The van der Waals surface area contributed by atoms with Crippen molar-refractivity contribution in [2.24, 2.45) is 7.05 Å². The number of hydrogen-bond acceptors (Lipinski definition) is 4. The molecule has 11 heteroatoms. The molecule has 0 aliphatic heterocycles. The number of carbonyl (C=O) groups is 2. The molecular formula is C14H10F5N3O3. The van der Waals surface area contributed by atoms with Crippen LogP contribution in [-0.2, 0) is 11.8 Å². The zero-order valence-corrected chi connectivity index (χ0v) is 13.0. The predicted molar refractivity (Wildman–Crippen MR) is 73.5 cm³/mol. The molecule has 1 N–H and O–H groups in total. The molecular weight excluding hydrogens is 353 g/mol. The highest BCUT2D eigenvalue weighted by Crippen LogP contribution is 2.26. The summed E-state index contributed by atoms with van der Waals surface area (Å²) in [5.41, 5.74) is -2.20. The largest absolute Gasteiger partial charge is 0.464 e. The smallest absolute Gasteiger partial charge is 0.360 e. The van der Waals surface area contributed by atoms with Gasteiger partial charge in [-0.1, -0.05) is 0 Å². The summed E-state index contributed by atoms with van der Waals surface area (Å²) in [4.78, 5) is 23.7. The number of hydrogen-bond donors (Lipinski definition) is 1. The molecule has 134 valence electrons. The Kier molecular flexibility index (Phi) is 4.77. The first-order chi connectivity index (χ1) is 11.6. The van der Waals surface area contributed by atoms with Crippen LogP contribution in [0.15, 0.2) is 0 Å². The number of amides is 1. The third-order valence-corrected chi connectivity index (χ3v) is 3.39. The molecule has 2 aromatic rings. The van der Waals surface area contributed by atoms with Crippen molar-refractivity contribution in [2.45, 2.75) is 6.92 Å². The van der Waals surface area contributed by atoms with E-state index >= 15 is 0 Å². The number of rotatable bonds is 3. The summed E-state index contributed by atoms with van der Waals surface area (Å²) < 4.78 is 72.5. The van der Waals surface area contributed by atoms with Crippen molar-refractivity contribution in [3.8, 4) is 0 Å². The van der Waals surface area contributed by atoms with Crippen molar-refractivity contribution in [1.29, 1.82) is 0 Å². The highest BCUT2D eigenvalue weighted by Gasteiger charge is 2.31. The fraction of sp³-hybridized carbons (Fsp3) is 0.214. The molecule has 1 heterocycles. The lowest BCUT2D eigenvalue weighted by molar-refractivity contribution is 0.0594. The summed E-state index contributed by atoms with van der Waals surface area (Å²) in [6, 6.07) is 0. The van der Waals surface area contributed by atoms with Gasteiger partial charge in [-0.05, 0) is 6.92 Å². The Morgan fingerprint density at radius 1 is 1.00 bits per heavy atom. The molecule has 1 aromatic heterocycles. The Labute approximate surface area is 137 Å². The highest BCUT2D eigenvalue weighted by atomic mass is 19.2. The normalized spacial score (nSPS) is 10.7. The standard InChI is InChI=1S/C14H10F5N3O3/c1-4-11(12(14(24)25-3)21-22(4)2)20-13(23)5-6(15)8(17)10(19)9(18)7(5)16/h1-3H3,(H,20,23). The quantitative estimate of drug-likeness (QED) is 0.394. The van der Waals surface area contributed by atoms with Gasteiger partial charge >= 0.3 is 5.97 Å². The second-order valence-corrected chi connectivity index (χ2v) is 4.82. The number of aromatic nitrogens is 2. The lowest BCUT2D eigenvalue weighted by Gasteiger charge is -2.09. The molecule has 2 rings (SSSR count). The van der Waals surface area contributed by atoms with E-state index in [4.69, 9.17) is 0 Å². The van der Waals surface area contributed by atoms with Crippen LogP contribution in [0.2, 0.25) is 0 Å². The van der Waals surface area contributed by atoms with Gasteiger partial charge in [0, 0.05) is 7.05 Å². The maximum Gasteiger partial charge on any atom is 0.360 e. The number of nitrogens with one attached hydrogen (secondary N) is 1. The third kappa shape index (κ3) is 2.92. The van der Waals surface area contributed by atoms with E-state index in [1.54, 1.807) is 0 Å². The van der Waals surface area contributed by atoms with Crippen molar-refractivity contribution in [3.05, 3.63) is 46.0 Å². The van der Waals surface area contributed by atoms with Crippen LogP contribution in [0.3, 0.4) is 0 Å². The fourth-order valence-corrected chi connectivity index (χ4v) is 1.98. The van der Waals surface area contributed by atoms with Gasteiger partial charge in [-0.15, -0.1) is 0 Å². The SMILES string of the molecule is COC(=O)c1nn(C)c(C)c1NC(=O)c1c(F)c(F)c(F)c(F)c1F. The Bertz CT molecular complexity index is 866. The average molecular weight is 363 g/mol. The maximum absolute atomic E-state index is 13.7. The van der Waals surface area contributed by atoms with Crippen LogP contribution in [0.5, 0.6) is 0 Å². The molecule has 0 atom stereocenters. The highest BCUT2D eigenvalue weighted by molar-refractivity contribution is 6.08. The van der Waals surface area contributed by atoms with Gasteiger partial charge in [0.1, 0.15) is 5.56 Å². The second-order valence-electron chi connectivity index (χ2n) is 4.82. The van der Waals surface area contributed by atoms with Gasteiger partial charge in [-0.25, -0.2) is 26.7 Å². The zero-order valence-electron chi connectivity index (χ0n) is 13.0. The van der Waals surface area contributed by atoms with E-state index in [-0.39, 0.29) is 11.4 Å². The fourth-order valence-electron chi connectivity index (χ4n) is 1.98. The third-order valence-electron chi connectivity index (χ3n) is 3.39. The Balaban J connectivity index is 2.55. The second kappa shape index (κ2) is 6.49. The van der Waals surface area contributed by atoms with Gasteiger partial charge in [0.05, 0.1) is 18.5 Å². The molecule has 0 aliphatic carbocycles. The first-order valence-electron chi connectivity index (χ1n) is 6.56. The first-order valence-corrected chi connectivity index (χ1v) is 6.56. The summed E-state index contributed by atoms with van der Waals surface area (Å²) in [5.74, 6) is -14.1. The van der Waals surface area contributed by atoms with Gasteiger partial charge < -0.3 is 10.1 Å². The van der Waals surface area contributed by atoms with Gasteiger partial charge in [0.2, 0.25) is 5.82 Å². The van der Waals surface area contributed by atoms with Gasteiger partial charge in [0.25, 0.3) is 5.91 Å². The predicted octanol–water partition coefficient (Wildman–Crippen LogP) is 2.46. The van der Waals surface area contributed by atoms with E-state index < -0.39 is 52.2 Å². The molecule has 0 bridgehead atoms. The minimum Gasteiger partial charge on any atom is -0.464 e. The molecule has 0 spiro atoms. The van der Waals surface area contributed by atoms with Gasteiger partial charge in [0.15, 0.2) is 29.0 Å². The number of methoxy groups -OCH3 is 1. The van der Waals surface area contributed by atoms with Crippen molar-refractivity contribution in [3.63, 3.8) is 0 Å². The Hall–Kier alpha value is -2.98. The van der Waals surface area contributed by atoms with E-state index in [0.29, 0.717) is 0 Å². The number of ether oxygens (including phenoxy) is 1. The van der Waals surface area contributed by atoms with Crippen LogP contribution < -0.4 is 5.32 Å². The molecule has 1 aromatic carbocycles. The maximum atomic E-state index is 13.7. The molecule has 6 nitrogen and oxygen atoms in total. The number of esters is 1. The van der Waals surface area contributed by atoms with Crippen LogP contribution in [0, 0.1) is 36.0 Å². The molecule has 0 fully saturated rings. The monoisotopic (exact) mass is 363 g/mol. The first kappa shape index (κ1) is 18.4. The average Bonchev–Trinajstić information content (AvgIpc) is 2.86. The lowest BCUT2D eigenvalue weighted by Crippen LogP contribution is -2.21. The Morgan fingerprint density at radius 3 is 1.96 bits per heavy atom. The summed E-state index contributed by atoms with van der Waals surface area (Å²) >= 11 is 0. The molecule has 0 unspecified atom stereocenters. The van der Waals surface area contributed by atoms with Crippen molar-refractivity contribution in [2.75, 3.05) is 12.4 Å². The molecule has 1 amide bonds. The molecule has 0 saturated carbocycles. The zero-order chi connectivity index (χ0) is 19.0. The Morgan fingerprint density at radius 2 is 1.48 bits per heavy atom. The van der Waals surface area contributed by atoms with E-state index in [2.05, 4.69) is 9.84 Å². The lowest BCUT2D eigenvalue weighted by atomic mass is 10.1. The van der Waals surface area contributed by atoms with Crippen LogP contribution in [0.4, 0.5) is 27.6 Å². The van der Waals surface area contributed by atoms with Crippen molar-refractivity contribution < 1.29 is 36.3 Å². The number of aryl methyl sites for hydroxylation is 1. The molecule has 0 saturated heterocycles. The number of nitrogens with zero attached hydrogens (tertiary/aromatic N) is 2. The summed E-state index contributed by atoms with van der Waals surface area (Å²) in [5, 5.41) is 5.68. The summed E-state index contributed by atoms with van der Waals surface area (Å²) in [7, 11) is 2.43. The topological polar surface area (TPSA) is 73.2 Å². The minimum absolute atomic E-state index is 0.178. The van der Waals surface area contributed by atoms with Crippen LogP contribution in [0.1, 0.15) is 26.5 Å². The van der Waals surface area contributed by atoms with E-state index in [1.165, 1.54) is 14.0 Å². The van der Waals surface area contributed by atoms with E-state index in [0.717, 1.165) is 11.8 Å². The number of halogens is 5.